The van der Waals surface area contributed by atoms with Crippen LogP contribution in [0.3, 0.4) is 0 Å². The van der Waals surface area contributed by atoms with Crippen molar-refractivity contribution in [3.8, 4) is 0 Å². The van der Waals surface area contributed by atoms with E-state index in [9.17, 15) is 18.0 Å². The number of thiophene rings is 1. The molecule has 2 aromatic rings. The Morgan fingerprint density at radius 1 is 1.23 bits per heavy atom. The highest BCUT2D eigenvalue weighted by atomic mass is 32.2. The molecule has 3 rings (SSSR count). The maximum absolute atomic E-state index is 12.8. The number of nitrogens with zero attached hydrogens (tertiary/aromatic N) is 1. The fraction of sp³-hybridized carbons (Fsp3) is 0.524. The molecule has 30 heavy (non-hydrogen) atoms. The van der Waals surface area contributed by atoms with E-state index < -0.39 is 10.0 Å². The molecule has 2 N–H and O–H groups in total. The molecule has 2 aromatic heterocycles. The summed E-state index contributed by atoms with van der Waals surface area (Å²) >= 11 is 1.16. The standard InChI is InChI=1S/C21H29N3O4S2/c1-6-24(7-2)30(27,28)17-9-8-14(29-17)12-22-20(26)19-13(3)18-15(23-19)10-21(4,5)11-16(18)25/h8-9,23H,6-7,10-12H2,1-5H3,(H,22,26). The lowest BCUT2D eigenvalue weighted by Crippen LogP contribution is -2.30. The first-order valence-corrected chi connectivity index (χ1v) is 12.4. The highest BCUT2D eigenvalue weighted by Crippen LogP contribution is 2.36. The molecule has 0 bridgehead atoms. The number of sulfonamides is 1. The van der Waals surface area contributed by atoms with Crippen molar-refractivity contribution in [2.24, 2.45) is 5.41 Å². The Balaban J connectivity index is 1.74. The van der Waals surface area contributed by atoms with E-state index in [0.717, 1.165) is 28.3 Å². The van der Waals surface area contributed by atoms with E-state index in [0.29, 0.717) is 36.3 Å². The Kier molecular flexibility index (Phi) is 6.27. The van der Waals surface area contributed by atoms with Crippen molar-refractivity contribution in [3.05, 3.63) is 39.5 Å². The summed E-state index contributed by atoms with van der Waals surface area (Å²) in [4.78, 5) is 29.2. The Labute approximate surface area is 181 Å². The smallest absolute Gasteiger partial charge is 0.268 e. The number of rotatable bonds is 7. The van der Waals surface area contributed by atoms with E-state index in [1.165, 1.54) is 4.31 Å². The van der Waals surface area contributed by atoms with Crippen LogP contribution in [0.5, 0.6) is 0 Å². The van der Waals surface area contributed by atoms with Gasteiger partial charge in [0.2, 0.25) is 0 Å². The van der Waals surface area contributed by atoms with Crippen molar-refractivity contribution in [1.29, 1.82) is 0 Å². The molecule has 9 heteroatoms. The van der Waals surface area contributed by atoms with Crippen LogP contribution in [0.2, 0.25) is 0 Å². The van der Waals surface area contributed by atoms with Crippen molar-refractivity contribution < 1.29 is 18.0 Å². The molecule has 1 aliphatic rings. The Hall–Kier alpha value is -1.97. The predicted octanol–water partition coefficient (Wildman–Crippen LogP) is 3.50. The van der Waals surface area contributed by atoms with Crippen LogP contribution in [0.15, 0.2) is 16.3 Å². The molecule has 1 amide bonds. The molecule has 0 saturated carbocycles. The normalized spacial score (nSPS) is 16.0. The molecule has 2 heterocycles. The molecule has 1 aliphatic carbocycles. The highest BCUT2D eigenvalue weighted by molar-refractivity contribution is 7.91. The third-order valence-corrected chi connectivity index (χ3v) is 9.09. The molecule has 0 spiro atoms. The minimum atomic E-state index is -3.50. The van der Waals surface area contributed by atoms with Crippen molar-refractivity contribution in [3.63, 3.8) is 0 Å². The van der Waals surface area contributed by atoms with Gasteiger partial charge in [0.1, 0.15) is 9.90 Å². The van der Waals surface area contributed by atoms with Gasteiger partial charge < -0.3 is 10.3 Å². The van der Waals surface area contributed by atoms with E-state index in [1.54, 1.807) is 32.9 Å². The first kappa shape index (κ1) is 22.7. The molecular formula is C21H29N3O4S2. The van der Waals surface area contributed by atoms with Crippen molar-refractivity contribution >= 4 is 33.1 Å². The molecule has 0 saturated heterocycles. The number of carbonyl (C=O) groups excluding carboxylic acids is 2. The van der Waals surface area contributed by atoms with Crippen molar-refractivity contribution in [2.75, 3.05) is 13.1 Å². The maximum Gasteiger partial charge on any atom is 0.268 e. The molecule has 0 atom stereocenters. The number of nitrogens with one attached hydrogen (secondary N) is 2. The zero-order chi connectivity index (χ0) is 22.3. The number of carbonyl (C=O) groups is 2. The number of amides is 1. The Morgan fingerprint density at radius 3 is 2.53 bits per heavy atom. The molecule has 0 radical (unpaired) electrons. The van der Waals surface area contributed by atoms with Gasteiger partial charge in [-0.05, 0) is 36.5 Å². The third-order valence-electron chi connectivity index (χ3n) is 5.49. The average molecular weight is 452 g/mol. The van der Waals surface area contributed by atoms with Gasteiger partial charge in [0, 0.05) is 35.6 Å². The first-order valence-electron chi connectivity index (χ1n) is 10.1. The van der Waals surface area contributed by atoms with Crippen LogP contribution in [0.4, 0.5) is 0 Å². The summed E-state index contributed by atoms with van der Waals surface area (Å²) in [5.41, 5.74) is 2.42. The van der Waals surface area contributed by atoms with Gasteiger partial charge in [0.15, 0.2) is 5.78 Å². The molecule has 0 aromatic carbocycles. The fourth-order valence-electron chi connectivity index (χ4n) is 4.00. The second kappa shape index (κ2) is 8.28. The van der Waals surface area contributed by atoms with Gasteiger partial charge >= 0.3 is 0 Å². The van der Waals surface area contributed by atoms with Gasteiger partial charge in [-0.1, -0.05) is 27.7 Å². The SMILES string of the molecule is CCN(CC)S(=O)(=O)c1ccc(CNC(=O)c2[nH]c3c(c2C)C(=O)CC(C)(C)C3)s1. The van der Waals surface area contributed by atoms with Gasteiger partial charge in [0.25, 0.3) is 15.9 Å². The van der Waals surface area contributed by atoms with E-state index in [2.05, 4.69) is 10.3 Å². The topological polar surface area (TPSA) is 99.3 Å². The Bertz CT molecular complexity index is 1080. The zero-order valence-corrected chi connectivity index (χ0v) is 19.7. The van der Waals surface area contributed by atoms with Crippen LogP contribution in [0.1, 0.15) is 71.1 Å². The lowest BCUT2D eigenvalue weighted by atomic mass is 9.75. The largest absolute Gasteiger partial charge is 0.354 e. The number of ketones is 1. The van der Waals surface area contributed by atoms with Gasteiger partial charge in [-0.2, -0.15) is 4.31 Å². The van der Waals surface area contributed by atoms with E-state index in [-0.39, 0.29) is 27.9 Å². The minimum absolute atomic E-state index is 0.0681. The zero-order valence-electron chi connectivity index (χ0n) is 18.1. The summed E-state index contributed by atoms with van der Waals surface area (Å²) in [7, 11) is -3.50. The molecule has 0 aliphatic heterocycles. The fourth-order valence-corrected chi connectivity index (χ4v) is 6.91. The van der Waals surface area contributed by atoms with Crippen LogP contribution in [0, 0.1) is 12.3 Å². The monoisotopic (exact) mass is 451 g/mol. The van der Waals surface area contributed by atoms with E-state index in [4.69, 9.17) is 0 Å². The molecule has 0 unspecified atom stereocenters. The van der Waals surface area contributed by atoms with Gasteiger partial charge in [0.05, 0.1) is 6.54 Å². The first-order chi connectivity index (χ1) is 14.0. The number of aromatic amines is 1. The molecular weight excluding hydrogens is 422 g/mol. The second-order valence-electron chi connectivity index (χ2n) is 8.41. The lowest BCUT2D eigenvalue weighted by Gasteiger charge is -2.28. The van der Waals surface area contributed by atoms with Crippen LogP contribution in [-0.4, -0.2) is 42.5 Å². The van der Waals surface area contributed by atoms with Crippen LogP contribution < -0.4 is 5.32 Å². The predicted molar refractivity (Wildman–Crippen MR) is 118 cm³/mol. The number of fused-ring (bicyclic) bond motifs is 1. The van der Waals surface area contributed by atoms with Gasteiger partial charge in [-0.25, -0.2) is 8.42 Å². The molecule has 7 nitrogen and oxygen atoms in total. The van der Waals surface area contributed by atoms with Gasteiger partial charge in [-0.15, -0.1) is 11.3 Å². The van der Waals surface area contributed by atoms with E-state index >= 15 is 0 Å². The number of H-pyrrole nitrogens is 1. The summed E-state index contributed by atoms with van der Waals surface area (Å²) < 4.78 is 26.9. The van der Waals surface area contributed by atoms with Crippen molar-refractivity contribution in [1.82, 2.24) is 14.6 Å². The van der Waals surface area contributed by atoms with E-state index in [1.807, 2.05) is 13.8 Å². The van der Waals surface area contributed by atoms with Gasteiger partial charge in [-0.3, -0.25) is 9.59 Å². The van der Waals surface area contributed by atoms with Crippen LogP contribution in [-0.2, 0) is 23.0 Å². The summed E-state index contributed by atoms with van der Waals surface area (Å²) in [6.07, 6.45) is 1.19. The quantitative estimate of drug-likeness (QED) is 0.673. The number of hydrogen-bond donors (Lipinski definition) is 2. The number of aromatic nitrogens is 1. The van der Waals surface area contributed by atoms with Crippen molar-refractivity contribution in [2.45, 2.75) is 58.2 Å². The highest BCUT2D eigenvalue weighted by Gasteiger charge is 2.35. The van der Waals surface area contributed by atoms with Crippen LogP contribution >= 0.6 is 11.3 Å². The lowest BCUT2D eigenvalue weighted by molar-refractivity contribution is 0.0909. The average Bonchev–Trinajstić information content (AvgIpc) is 3.25. The third kappa shape index (κ3) is 4.24. The summed E-state index contributed by atoms with van der Waals surface area (Å²) in [6, 6.07) is 3.30. The number of hydrogen-bond acceptors (Lipinski definition) is 5. The van der Waals surface area contributed by atoms with Crippen LogP contribution in [0.25, 0.3) is 0 Å². The summed E-state index contributed by atoms with van der Waals surface area (Å²) in [5.74, 6) is -0.229. The number of Topliss-reactive ketones (excluding diaryl/α,β-unsaturated/α-hetero) is 1. The second-order valence-corrected chi connectivity index (χ2v) is 11.7. The molecule has 0 fully saturated rings. The minimum Gasteiger partial charge on any atom is -0.354 e. The maximum atomic E-state index is 12.8. The molecule has 164 valence electrons. The summed E-state index contributed by atoms with van der Waals surface area (Å²) in [5, 5.41) is 2.84. The Morgan fingerprint density at radius 2 is 1.90 bits per heavy atom. The summed E-state index contributed by atoms with van der Waals surface area (Å²) in [6.45, 7) is 10.5.